The Morgan fingerprint density at radius 1 is 0.926 bits per heavy atom. The van der Waals surface area contributed by atoms with Crippen molar-refractivity contribution in [1.29, 1.82) is 0 Å². The lowest BCUT2D eigenvalue weighted by Gasteiger charge is -2.31. The van der Waals surface area contributed by atoms with Gasteiger partial charge in [-0.25, -0.2) is 0 Å². The Hall–Kier alpha value is -1.15. The summed E-state index contributed by atoms with van der Waals surface area (Å²) in [5.74, 6) is 6.31. The zero-order valence-electron chi connectivity index (χ0n) is 17.0. The van der Waals surface area contributed by atoms with Gasteiger partial charge in [0.2, 0.25) is 0 Å². The summed E-state index contributed by atoms with van der Waals surface area (Å²) in [7, 11) is 0. The molecule has 2 fully saturated rings. The number of ether oxygens (including phenoxy) is 1. The molecule has 1 nitrogen and oxygen atoms in total. The van der Waals surface area contributed by atoms with Crippen molar-refractivity contribution >= 4 is 22.5 Å². The molecule has 2 heteroatoms. The molecule has 146 valence electrons. The molecular formula is C25H34OS. The molecule has 2 aromatic carbocycles. The van der Waals surface area contributed by atoms with E-state index in [2.05, 4.69) is 62.0 Å². The third-order valence-corrected chi connectivity index (χ3v) is 8.15. The second-order valence-corrected chi connectivity index (χ2v) is 9.63. The first-order chi connectivity index (χ1) is 13.3. The van der Waals surface area contributed by atoms with Crippen molar-refractivity contribution in [3.8, 4) is 5.75 Å². The summed E-state index contributed by atoms with van der Waals surface area (Å²) >= 11 is 2.10. The Kier molecular flexibility index (Phi) is 6.32. The highest BCUT2D eigenvalue weighted by molar-refractivity contribution is 7.99. The molecule has 0 N–H and O–H groups in total. The molecule has 0 amide bonds. The van der Waals surface area contributed by atoms with Gasteiger partial charge in [0.1, 0.15) is 5.75 Å². The van der Waals surface area contributed by atoms with E-state index >= 15 is 0 Å². The summed E-state index contributed by atoms with van der Waals surface area (Å²) in [5, 5.41) is 2.64. The van der Waals surface area contributed by atoms with Gasteiger partial charge in [-0.1, -0.05) is 57.4 Å². The first-order valence-electron chi connectivity index (χ1n) is 11.1. The van der Waals surface area contributed by atoms with Crippen LogP contribution in [-0.4, -0.2) is 12.4 Å². The highest BCUT2D eigenvalue weighted by atomic mass is 32.2. The van der Waals surface area contributed by atoms with Crippen molar-refractivity contribution in [3.63, 3.8) is 0 Å². The maximum absolute atomic E-state index is 6.07. The highest BCUT2D eigenvalue weighted by Gasteiger charge is 2.46. The van der Waals surface area contributed by atoms with E-state index in [1.54, 1.807) is 0 Å². The van der Waals surface area contributed by atoms with Gasteiger partial charge in [0.15, 0.2) is 0 Å². The van der Waals surface area contributed by atoms with Gasteiger partial charge in [-0.2, -0.15) is 0 Å². The topological polar surface area (TPSA) is 9.23 Å². The average molecular weight is 383 g/mol. The lowest BCUT2D eigenvalue weighted by molar-refractivity contribution is 0.228. The molecule has 0 saturated heterocycles. The molecule has 4 unspecified atom stereocenters. The average Bonchev–Trinajstić information content (AvgIpc) is 3.30. The first-order valence-corrected chi connectivity index (χ1v) is 12.1. The summed E-state index contributed by atoms with van der Waals surface area (Å²) < 4.78 is 6.07. The molecule has 4 rings (SSSR count). The molecule has 27 heavy (non-hydrogen) atoms. The van der Waals surface area contributed by atoms with E-state index in [1.165, 1.54) is 59.9 Å². The predicted octanol–water partition coefficient (Wildman–Crippen LogP) is 7.57. The predicted molar refractivity (Wildman–Crippen MR) is 118 cm³/mol. The lowest BCUT2D eigenvalue weighted by Crippen LogP contribution is -2.24. The molecular weight excluding hydrogens is 348 g/mol. The Bertz CT molecular complexity index is 755. The molecule has 0 spiro atoms. The first kappa shape index (κ1) is 19.2. The summed E-state index contributed by atoms with van der Waals surface area (Å²) in [4.78, 5) is 1.44. The Morgan fingerprint density at radius 2 is 1.70 bits per heavy atom. The monoisotopic (exact) mass is 382 g/mol. The Balaban J connectivity index is 1.50. The van der Waals surface area contributed by atoms with Gasteiger partial charge in [0, 0.05) is 16.0 Å². The molecule has 0 aliphatic heterocycles. The van der Waals surface area contributed by atoms with Gasteiger partial charge in [-0.05, 0) is 66.9 Å². The SMILES string of the molecule is CCCCOc1ccc(SCC2C3CCC(C3)C2CCC)c2ccccc12. The molecule has 4 atom stereocenters. The van der Waals surface area contributed by atoms with E-state index in [0.29, 0.717) is 0 Å². The zero-order chi connectivity index (χ0) is 18.6. The number of hydrogen-bond donors (Lipinski definition) is 0. The minimum absolute atomic E-state index is 0.816. The lowest BCUT2D eigenvalue weighted by atomic mass is 9.78. The summed E-state index contributed by atoms with van der Waals surface area (Å²) in [6.45, 7) is 5.39. The van der Waals surface area contributed by atoms with Crippen molar-refractivity contribution in [3.05, 3.63) is 36.4 Å². The Labute approximate surface area is 169 Å². The van der Waals surface area contributed by atoms with Gasteiger partial charge in [0.05, 0.1) is 6.61 Å². The van der Waals surface area contributed by atoms with E-state index in [9.17, 15) is 0 Å². The third-order valence-electron chi connectivity index (χ3n) is 6.93. The zero-order valence-corrected chi connectivity index (χ0v) is 17.8. The van der Waals surface area contributed by atoms with Crippen LogP contribution >= 0.6 is 11.8 Å². The molecule has 2 aliphatic carbocycles. The molecule has 2 aromatic rings. The maximum atomic E-state index is 6.07. The number of rotatable bonds is 9. The smallest absolute Gasteiger partial charge is 0.127 e. The molecule has 0 heterocycles. The van der Waals surface area contributed by atoms with Gasteiger partial charge in [0.25, 0.3) is 0 Å². The fraction of sp³-hybridized carbons (Fsp3) is 0.600. The van der Waals surface area contributed by atoms with Crippen LogP contribution in [0.25, 0.3) is 10.8 Å². The van der Waals surface area contributed by atoms with Gasteiger partial charge >= 0.3 is 0 Å². The standard InChI is InChI=1S/C25H34OS/c1-3-5-15-26-24-13-14-25(22-10-7-6-9-21(22)24)27-17-23-19-12-11-18(16-19)20(23)8-4-2/h6-7,9-10,13-14,18-20,23H,3-5,8,11-12,15-17H2,1-2H3. The summed E-state index contributed by atoms with van der Waals surface area (Å²) in [6, 6.07) is 13.3. The van der Waals surface area contributed by atoms with Gasteiger partial charge in [-0.15, -0.1) is 11.8 Å². The minimum atomic E-state index is 0.816. The van der Waals surface area contributed by atoms with Crippen molar-refractivity contribution in [1.82, 2.24) is 0 Å². The van der Waals surface area contributed by atoms with Crippen LogP contribution in [-0.2, 0) is 0 Å². The maximum Gasteiger partial charge on any atom is 0.127 e. The highest BCUT2D eigenvalue weighted by Crippen LogP contribution is 2.55. The number of benzene rings is 2. The summed E-state index contributed by atoms with van der Waals surface area (Å²) in [6.07, 6.45) is 9.59. The molecule has 2 bridgehead atoms. The van der Waals surface area contributed by atoms with Crippen molar-refractivity contribution in [2.24, 2.45) is 23.7 Å². The van der Waals surface area contributed by atoms with E-state index in [4.69, 9.17) is 4.74 Å². The van der Waals surface area contributed by atoms with Crippen molar-refractivity contribution in [2.45, 2.75) is 63.7 Å². The number of unbranched alkanes of at least 4 members (excludes halogenated alkanes) is 1. The van der Waals surface area contributed by atoms with Crippen LogP contribution < -0.4 is 4.74 Å². The van der Waals surface area contributed by atoms with Crippen LogP contribution in [0.1, 0.15) is 58.8 Å². The minimum Gasteiger partial charge on any atom is -0.493 e. The van der Waals surface area contributed by atoms with Gasteiger partial charge < -0.3 is 4.74 Å². The molecule has 2 saturated carbocycles. The molecule has 0 aromatic heterocycles. The third kappa shape index (κ3) is 4.01. The van der Waals surface area contributed by atoms with Crippen molar-refractivity contribution in [2.75, 3.05) is 12.4 Å². The molecule has 2 aliphatic rings. The van der Waals surface area contributed by atoms with E-state index < -0.39 is 0 Å². The van der Waals surface area contributed by atoms with Crippen LogP contribution in [0.4, 0.5) is 0 Å². The van der Waals surface area contributed by atoms with Crippen LogP contribution in [0.5, 0.6) is 5.75 Å². The van der Waals surface area contributed by atoms with E-state index in [0.717, 1.165) is 42.4 Å². The van der Waals surface area contributed by atoms with Crippen LogP contribution in [0.2, 0.25) is 0 Å². The number of fused-ring (bicyclic) bond motifs is 3. The normalized spacial score (nSPS) is 26.7. The Morgan fingerprint density at radius 3 is 2.48 bits per heavy atom. The van der Waals surface area contributed by atoms with E-state index in [-0.39, 0.29) is 0 Å². The molecule has 0 radical (unpaired) electrons. The second-order valence-electron chi connectivity index (χ2n) is 8.57. The van der Waals surface area contributed by atoms with Crippen LogP contribution in [0.15, 0.2) is 41.3 Å². The number of thioether (sulfide) groups is 1. The van der Waals surface area contributed by atoms with E-state index in [1.807, 2.05) is 0 Å². The quantitative estimate of drug-likeness (QED) is 0.326. The number of hydrogen-bond acceptors (Lipinski definition) is 2. The largest absolute Gasteiger partial charge is 0.493 e. The fourth-order valence-corrected chi connectivity index (χ4v) is 6.97. The van der Waals surface area contributed by atoms with Crippen molar-refractivity contribution < 1.29 is 4.74 Å². The second kappa shape index (κ2) is 8.90. The van der Waals surface area contributed by atoms with Crippen LogP contribution in [0, 0.1) is 23.7 Å². The summed E-state index contributed by atoms with van der Waals surface area (Å²) in [5.41, 5.74) is 0. The van der Waals surface area contributed by atoms with Crippen LogP contribution in [0.3, 0.4) is 0 Å². The van der Waals surface area contributed by atoms with Gasteiger partial charge in [-0.3, -0.25) is 0 Å². The fourth-order valence-electron chi connectivity index (χ4n) is 5.58.